The minimum Gasteiger partial charge on any atom is -0.478 e. The summed E-state index contributed by atoms with van der Waals surface area (Å²) < 4.78 is 0. The van der Waals surface area contributed by atoms with Gasteiger partial charge >= 0.3 is 11.9 Å². The Kier molecular flexibility index (Phi) is 18.2. The topological polar surface area (TPSA) is 115 Å². The van der Waals surface area contributed by atoms with Crippen LogP contribution in [0.25, 0.3) is 0 Å². The monoisotopic (exact) mass is 474 g/mol. The molecule has 0 bridgehead atoms. The van der Waals surface area contributed by atoms with E-state index < -0.39 is 17.5 Å². The molecule has 34 heavy (non-hydrogen) atoms. The third kappa shape index (κ3) is 16.0. The van der Waals surface area contributed by atoms with Gasteiger partial charge in [-0.1, -0.05) is 88.8 Å². The van der Waals surface area contributed by atoms with Gasteiger partial charge in [0.2, 0.25) is 0 Å². The highest BCUT2D eigenvalue weighted by molar-refractivity contribution is 5.87. The van der Waals surface area contributed by atoms with E-state index in [-0.39, 0.29) is 6.61 Å². The van der Waals surface area contributed by atoms with E-state index in [0.717, 1.165) is 64.2 Å². The molecule has 0 saturated heterocycles. The van der Waals surface area contributed by atoms with Gasteiger partial charge < -0.3 is 20.4 Å². The van der Waals surface area contributed by atoms with E-state index >= 15 is 0 Å². The fourth-order valence-corrected chi connectivity index (χ4v) is 3.29. The largest absolute Gasteiger partial charge is 0.478 e. The molecule has 6 nitrogen and oxygen atoms in total. The SMILES string of the molecule is CCCCC(O)(CCCC)CCCCCO.O=C(O)c1ccccc1.O=C(O)c1ccccc1. The number of benzene rings is 2. The van der Waals surface area contributed by atoms with Gasteiger partial charge in [-0.2, -0.15) is 0 Å². The minimum absolute atomic E-state index is 0.280. The predicted molar refractivity (Wildman–Crippen MR) is 136 cm³/mol. The molecule has 6 heteroatoms. The Balaban J connectivity index is 0.000000513. The van der Waals surface area contributed by atoms with Gasteiger partial charge in [-0.25, -0.2) is 9.59 Å². The Hall–Kier alpha value is -2.70. The first-order valence-corrected chi connectivity index (χ1v) is 12.2. The van der Waals surface area contributed by atoms with Crippen molar-refractivity contribution in [3.05, 3.63) is 71.8 Å². The summed E-state index contributed by atoms with van der Waals surface area (Å²) in [4.78, 5) is 20.4. The Bertz CT molecular complexity index is 703. The van der Waals surface area contributed by atoms with Crippen LogP contribution in [0.15, 0.2) is 60.7 Å². The van der Waals surface area contributed by atoms with Crippen LogP contribution in [0, 0.1) is 0 Å². The van der Waals surface area contributed by atoms with Crippen molar-refractivity contribution in [3.63, 3.8) is 0 Å². The van der Waals surface area contributed by atoms with Crippen LogP contribution in [0.4, 0.5) is 0 Å². The highest BCUT2D eigenvalue weighted by atomic mass is 16.4. The molecule has 0 fully saturated rings. The van der Waals surface area contributed by atoms with Crippen LogP contribution < -0.4 is 0 Å². The lowest BCUT2D eigenvalue weighted by molar-refractivity contribution is 0.00764. The number of aromatic carboxylic acids is 2. The summed E-state index contributed by atoms with van der Waals surface area (Å²) in [6, 6.07) is 16.6. The Morgan fingerprint density at radius 1 is 0.647 bits per heavy atom. The maximum absolute atomic E-state index is 10.5. The van der Waals surface area contributed by atoms with Gasteiger partial charge in [0.05, 0.1) is 16.7 Å². The molecule has 0 unspecified atom stereocenters. The van der Waals surface area contributed by atoms with Gasteiger partial charge in [-0.3, -0.25) is 0 Å². The van der Waals surface area contributed by atoms with Crippen LogP contribution in [-0.4, -0.2) is 44.6 Å². The lowest BCUT2D eigenvalue weighted by Gasteiger charge is -2.28. The highest BCUT2D eigenvalue weighted by Gasteiger charge is 2.24. The average Bonchev–Trinajstić information content (AvgIpc) is 2.86. The summed E-state index contributed by atoms with van der Waals surface area (Å²) in [5, 5.41) is 36.0. The molecule has 0 spiro atoms. The van der Waals surface area contributed by atoms with Gasteiger partial charge in [0, 0.05) is 6.61 Å². The highest BCUT2D eigenvalue weighted by Crippen LogP contribution is 2.27. The first-order chi connectivity index (χ1) is 16.3. The zero-order valence-corrected chi connectivity index (χ0v) is 20.7. The molecule has 0 atom stereocenters. The molecule has 0 aromatic heterocycles. The fraction of sp³-hybridized carbons (Fsp3) is 0.500. The van der Waals surface area contributed by atoms with Gasteiger partial charge in [-0.05, 0) is 49.9 Å². The first kappa shape index (κ1) is 31.3. The molecule has 0 aliphatic carbocycles. The van der Waals surface area contributed by atoms with Crippen molar-refractivity contribution in [1.29, 1.82) is 0 Å². The van der Waals surface area contributed by atoms with E-state index in [1.54, 1.807) is 60.7 Å². The van der Waals surface area contributed by atoms with E-state index in [2.05, 4.69) is 13.8 Å². The summed E-state index contributed by atoms with van der Waals surface area (Å²) >= 11 is 0. The maximum atomic E-state index is 10.5. The molecule has 2 aromatic rings. The molecule has 0 amide bonds. The van der Waals surface area contributed by atoms with Crippen LogP contribution in [0.2, 0.25) is 0 Å². The zero-order chi connectivity index (χ0) is 25.7. The van der Waals surface area contributed by atoms with Crippen molar-refractivity contribution in [2.24, 2.45) is 0 Å². The third-order valence-electron chi connectivity index (χ3n) is 5.33. The Morgan fingerprint density at radius 3 is 1.32 bits per heavy atom. The third-order valence-corrected chi connectivity index (χ3v) is 5.33. The van der Waals surface area contributed by atoms with Crippen LogP contribution >= 0.6 is 0 Å². The van der Waals surface area contributed by atoms with Crippen molar-refractivity contribution >= 4 is 11.9 Å². The number of hydrogen-bond donors (Lipinski definition) is 4. The molecule has 0 radical (unpaired) electrons. The standard InChI is InChI=1S/C14H30O2.2C7H6O2/c1-3-5-10-14(16,11-6-4-2)12-8-7-9-13-15;2*8-7(9)6-4-2-1-3-5-6/h15-16H,3-13H2,1-2H3;2*1-5H,(H,8,9). The second-order valence-electron chi connectivity index (χ2n) is 8.31. The van der Waals surface area contributed by atoms with E-state index in [1.165, 1.54) is 0 Å². The van der Waals surface area contributed by atoms with Gasteiger partial charge in [0.15, 0.2) is 0 Å². The molecule has 2 rings (SSSR count). The summed E-state index contributed by atoms with van der Waals surface area (Å²) in [6.07, 6.45) is 10.3. The van der Waals surface area contributed by atoms with E-state index in [0.29, 0.717) is 11.1 Å². The normalized spacial score (nSPS) is 10.4. The summed E-state index contributed by atoms with van der Waals surface area (Å²) in [7, 11) is 0. The molecular weight excluding hydrogens is 432 g/mol. The quantitative estimate of drug-likeness (QED) is 0.249. The lowest BCUT2D eigenvalue weighted by Crippen LogP contribution is -2.28. The second-order valence-corrected chi connectivity index (χ2v) is 8.31. The zero-order valence-electron chi connectivity index (χ0n) is 20.7. The van der Waals surface area contributed by atoms with Gasteiger partial charge in [-0.15, -0.1) is 0 Å². The van der Waals surface area contributed by atoms with Crippen LogP contribution in [0.1, 0.15) is 98.8 Å². The van der Waals surface area contributed by atoms with Gasteiger partial charge in [0.1, 0.15) is 0 Å². The number of hydrogen-bond acceptors (Lipinski definition) is 4. The van der Waals surface area contributed by atoms with Gasteiger partial charge in [0.25, 0.3) is 0 Å². The minimum atomic E-state index is -0.879. The van der Waals surface area contributed by atoms with Crippen molar-refractivity contribution in [2.45, 2.75) is 83.7 Å². The number of rotatable bonds is 13. The predicted octanol–water partition coefficient (Wildman–Crippen LogP) is 6.42. The smallest absolute Gasteiger partial charge is 0.335 e. The van der Waals surface area contributed by atoms with Crippen molar-refractivity contribution < 1.29 is 30.0 Å². The Labute approximate surface area is 204 Å². The van der Waals surface area contributed by atoms with Crippen molar-refractivity contribution in [3.8, 4) is 0 Å². The van der Waals surface area contributed by atoms with Crippen molar-refractivity contribution in [2.75, 3.05) is 6.61 Å². The molecule has 4 N–H and O–H groups in total. The molecule has 0 aliphatic rings. The lowest BCUT2D eigenvalue weighted by atomic mass is 9.86. The van der Waals surface area contributed by atoms with E-state index in [1.807, 2.05) is 0 Å². The van der Waals surface area contributed by atoms with Crippen LogP contribution in [0.5, 0.6) is 0 Å². The Morgan fingerprint density at radius 2 is 1.03 bits per heavy atom. The van der Waals surface area contributed by atoms with E-state index in [9.17, 15) is 14.7 Å². The number of carboxylic acid groups (broad SMARTS) is 2. The average molecular weight is 475 g/mol. The van der Waals surface area contributed by atoms with Crippen LogP contribution in [-0.2, 0) is 0 Å². The second kappa shape index (κ2) is 19.7. The molecule has 0 aliphatic heterocycles. The fourth-order valence-electron chi connectivity index (χ4n) is 3.29. The molecule has 190 valence electrons. The number of aliphatic hydroxyl groups is 2. The van der Waals surface area contributed by atoms with Crippen LogP contribution in [0.3, 0.4) is 0 Å². The van der Waals surface area contributed by atoms with E-state index in [4.69, 9.17) is 15.3 Å². The molecule has 0 saturated carbocycles. The summed E-state index contributed by atoms with van der Waals surface area (Å²) in [5.74, 6) is -1.76. The maximum Gasteiger partial charge on any atom is 0.335 e. The first-order valence-electron chi connectivity index (χ1n) is 12.2. The van der Waals surface area contributed by atoms with Crippen molar-refractivity contribution in [1.82, 2.24) is 0 Å². The number of carboxylic acids is 2. The number of aliphatic hydroxyl groups excluding tert-OH is 1. The molecule has 0 heterocycles. The summed E-state index contributed by atoms with van der Waals surface area (Å²) in [5.41, 5.74) is 0.233. The summed E-state index contributed by atoms with van der Waals surface area (Å²) in [6.45, 7) is 4.63. The molecular formula is C28H42O6. The molecule has 2 aromatic carbocycles. The number of carbonyl (C=O) groups is 2. The number of unbranched alkanes of at least 4 members (excludes halogenated alkanes) is 4.